The summed E-state index contributed by atoms with van der Waals surface area (Å²) in [5.74, 6) is -0.684. The van der Waals surface area contributed by atoms with Crippen LogP contribution in [-0.2, 0) is 15.1 Å². The summed E-state index contributed by atoms with van der Waals surface area (Å²) in [7, 11) is 1.30. The van der Waals surface area contributed by atoms with E-state index < -0.39 is 11.5 Å². The number of fused-ring (bicyclic) bond motifs is 1. The van der Waals surface area contributed by atoms with Gasteiger partial charge in [-0.1, -0.05) is 11.6 Å². The van der Waals surface area contributed by atoms with Crippen molar-refractivity contribution >= 4 is 46.4 Å². The Hall–Kier alpha value is -1.70. The van der Waals surface area contributed by atoms with E-state index in [0.717, 1.165) is 9.75 Å². The monoisotopic (exact) mass is 385 g/mol. The second kappa shape index (κ2) is 5.98. The van der Waals surface area contributed by atoms with Gasteiger partial charge in [0.25, 0.3) is 5.91 Å². The number of carbonyl (C=O) groups excluding carboxylic acids is 2. The van der Waals surface area contributed by atoms with E-state index in [1.165, 1.54) is 29.5 Å². The Bertz CT molecular complexity index is 850. The quantitative estimate of drug-likeness (QED) is 0.598. The fraction of sp³-hybridized carbons (Fsp3) is 0.333. The fourth-order valence-corrected chi connectivity index (χ4v) is 4.27. The Morgan fingerprint density at radius 2 is 2.12 bits per heavy atom. The number of carbonyl (C=O) groups is 2. The standard InChI is InChI=1S/C15H13Cl2N3O3S/c1-15(2)12-7(13(22)20(15)6-10(21)23-3)4-9(24-12)11-8(16)5-18-14(17)19-11/h4-5H,6H2,1-3H3. The highest BCUT2D eigenvalue weighted by atomic mass is 35.5. The molecule has 6 nitrogen and oxygen atoms in total. The predicted molar refractivity (Wildman–Crippen MR) is 91.4 cm³/mol. The molecular weight excluding hydrogens is 373 g/mol. The molecule has 0 aromatic carbocycles. The average Bonchev–Trinajstić information content (AvgIpc) is 3.05. The Labute approximate surface area is 152 Å². The molecule has 1 aliphatic heterocycles. The Morgan fingerprint density at radius 3 is 2.75 bits per heavy atom. The van der Waals surface area contributed by atoms with Gasteiger partial charge in [-0.15, -0.1) is 11.3 Å². The third-order valence-electron chi connectivity index (χ3n) is 3.90. The van der Waals surface area contributed by atoms with E-state index in [0.29, 0.717) is 16.3 Å². The van der Waals surface area contributed by atoms with Crippen LogP contribution in [0.3, 0.4) is 0 Å². The molecule has 0 N–H and O–H groups in total. The highest BCUT2D eigenvalue weighted by Crippen LogP contribution is 2.46. The molecule has 1 amide bonds. The van der Waals surface area contributed by atoms with Crippen molar-refractivity contribution in [3.8, 4) is 10.6 Å². The van der Waals surface area contributed by atoms with Gasteiger partial charge in [0, 0.05) is 4.88 Å². The number of nitrogens with zero attached hydrogens (tertiary/aromatic N) is 3. The Balaban J connectivity index is 2.03. The van der Waals surface area contributed by atoms with Gasteiger partial charge in [-0.3, -0.25) is 9.59 Å². The number of amides is 1. The number of esters is 1. The summed E-state index contributed by atoms with van der Waals surface area (Å²) in [6.45, 7) is 3.67. The molecule has 24 heavy (non-hydrogen) atoms. The van der Waals surface area contributed by atoms with E-state index in [-0.39, 0.29) is 17.7 Å². The van der Waals surface area contributed by atoms with Crippen LogP contribution in [0.5, 0.6) is 0 Å². The molecule has 2 aromatic rings. The van der Waals surface area contributed by atoms with Crippen LogP contribution in [0, 0.1) is 0 Å². The topological polar surface area (TPSA) is 72.4 Å². The van der Waals surface area contributed by atoms with Crippen molar-refractivity contribution in [2.75, 3.05) is 13.7 Å². The van der Waals surface area contributed by atoms with E-state index >= 15 is 0 Å². The number of aromatic nitrogens is 2. The molecule has 126 valence electrons. The van der Waals surface area contributed by atoms with Gasteiger partial charge in [-0.2, -0.15) is 0 Å². The van der Waals surface area contributed by atoms with E-state index in [9.17, 15) is 9.59 Å². The first-order valence-corrected chi connectivity index (χ1v) is 8.54. The number of hydrogen-bond donors (Lipinski definition) is 0. The van der Waals surface area contributed by atoms with Crippen molar-refractivity contribution in [1.82, 2.24) is 14.9 Å². The van der Waals surface area contributed by atoms with E-state index in [2.05, 4.69) is 14.7 Å². The largest absolute Gasteiger partial charge is 0.468 e. The van der Waals surface area contributed by atoms with Gasteiger partial charge in [-0.25, -0.2) is 9.97 Å². The molecule has 1 aliphatic rings. The molecule has 0 bridgehead atoms. The minimum absolute atomic E-state index is 0.0841. The first kappa shape index (κ1) is 17.1. The molecule has 0 saturated heterocycles. The van der Waals surface area contributed by atoms with Gasteiger partial charge in [0.1, 0.15) is 12.2 Å². The number of ether oxygens (including phenoxy) is 1. The molecule has 0 radical (unpaired) electrons. The third-order valence-corrected chi connectivity index (χ3v) is 5.81. The lowest BCUT2D eigenvalue weighted by molar-refractivity contribution is -0.142. The maximum atomic E-state index is 12.7. The molecule has 0 spiro atoms. The number of hydrogen-bond acceptors (Lipinski definition) is 6. The number of halogens is 2. The van der Waals surface area contributed by atoms with Crippen molar-refractivity contribution in [3.05, 3.63) is 33.0 Å². The first-order valence-electron chi connectivity index (χ1n) is 6.97. The second-order valence-corrected chi connectivity index (χ2v) is 7.51. The minimum Gasteiger partial charge on any atom is -0.468 e. The zero-order chi connectivity index (χ0) is 17.6. The molecule has 0 atom stereocenters. The molecule has 0 aliphatic carbocycles. The molecule has 0 saturated carbocycles. The van der Waals surface area contributed by atoms with Crippen LogP contribution in [0.2, 0.25) is 10.3 Å². The summed E-state index contributed by atoms with van der Waals surface area (Å²) in [6.07, 6.45) is 1.42. The van der Waals surface area contributed by atoms with E-state index in [1.54, 1.807) is 6.07 Å². The second-order valence-electron chi connectivity index (χ2n) is 5.72. The third kappa shape index (κ3) is 2.66. The van der Waals surface area contributed by atoms with Crippen LogP contribution < -0.4 is 0 Å². The SMILES string of the molecule is COC(=O)CN1C(=O)c2cc(-c3nc(Cl)ncc3Cl)sc2C1(C)C. The first-order chi connectivity index (χ1) is 11.3. The van der Waals surface area contributed by atoms with Gasteiger partial charge < -0.3 is 9.64 Å². The lowest BCUT2D eigenvalue weighted by Crippen LogP contribution is -2.42. The van der Waals surface area contributed by atoms with Crippen LogP contribution in [0.1, 0.15) is 29.1 Å². The van der Waals surface area contributed by atoms with Crippen LogP contribution in [-0.4, -0.2) is 40.4 Å². The smallest absolute Gasteiger partial charge is 0.325 e. The predicted octanol–water partition coefficient (Wildman–Crippen LogP) is 3.38. The molecule has 2 aromatic heterocycles. The minimum atomic E-state index is -0.632. The van der Waals surface area contributed by atoms with E-state index in [1.807, 2.05) is 13.8 Å². The van der Waals surface area contributed by atoms with Gasteiger partial charge in [0.15, 0.2) is 0 Å². The molecule has 0 unspecified atom stereocenters. The number of thiophene rings is 1. The molecule has 3 rings (SSSR count). The zero-order valence-corrected chi connectivity index (χ0v) is 15.4. The van der Waals surface area contributed by atoms with Crippen LogP contribution >= 0.6 is 34.5 Å². The van der Waals surface area contributed by atoms with E-state index in [4.69, 9.17) is 23.2 Å². The van der Waals surface area contributed by atoms with Gasteiger partial charge >= 0.3 is 5.97 Å². The lowest BCUT2D eigenvalue weighted by atomic mass is 10.0. The summed E-state index contributed by atoms with van der Waals surface area (Å²) >= 11 is 13.4. The van der Waals surface area contributed by atoms with Crippen LogP contribution in [0.4, 0.5) is 0 Å². The maximum Gasteiger partial charge on any atom is 0.325 e. The highest BCUT2D eigenvalue weighted by molar-refractivity contribution is 7.16. The van der Waals surface area contributed by atoms with Crippen LogP contribution in [0.25, 0.3) is 10.6 Å². The Kier molecular flexibility index (Phi) is 4.27. The van der Waals surface area contributed by atoms with Crippen molar-refractivity contribution in [2.45, 2.75) is 19.4 Å². The van der Waals surface area contributed by atoms with Crippen molar-refractivity contribution < 1.29 is 14.3 Å². The van der Waals surface area contributed by atoms with Crippen LogP contribution in [0.15, 0.2) is 12.3 Å². The van der Waals surface area contributed by atoms with Gasteiger partial charge in [0.05, 0.1) is 34.3 Å². The summed E-state index contributed by atoms with van der Waals surface area (Å²) in [6, 6.07) is 1.73. The van der Waals surface area contributed by atoms with Crippen molar-refractivity contribution in [2.24, 2.45) is 0 Å². The zero-order valence-electron chi connectivity index (χ0n) is 13.1. The summed E-state index contributed by atoms with van der Waals surface area (Å²) in [4.78, 5) is 35.3. The van der Waals surface area contributed by atoms with Gasteiger partial charge in [0.2, 0.25) is 5.28 Å². The fourth-order valence-electron chi connectivity index (χ4n) is 2.62. The number of rotatable bonds is 3. The molecular formula is C15H13Cl2N3O3S. The molecule has 9 heteroatoms. The van der Waals surface area contributed by atoms with Crippen molar-refractivity contribution in [3.63, 3.8) is 0 Å². The lowest BCUT2D eigenvalue weighted by Gasteiger charge is -2.31. The number of methoxy groups -OCH3 is 1. The van der Waals surface area contributed by atoms with Crippen molar-refractivity contribution in [1.29, 1.82) is 0 Å². The summed E-state index contributed by atoms with van der Waals surface area (Å²) < 4.78 is 4.67. The molecule has 3 heterocycles. The molecule has 0 fully saturated rings. The Morgan fingerprint density at radius 1 is 1.42 bits per heavy atom. The van der Waals surface area contributed by atoms with Gasteiger partial charge in [-0.05, 0) is 31.5 Å². The highest BCUT2D eigenvalue weighted by Gasteiger charge is 2.46. The normalized spacial score (nSPS) is 15.5. The summed E-state index contributed by atoms with van der Waals surface area (Å²) in [5, 5.41) is 0.442. The maximum absolute atomic E-state index is 12.7. The summed E-state index contributed by atoms with van der Waals surface area (Å²) in [5.41, 5.74) is 0.390. The average molecular weight is 386 g/mol.